The smallest absolute Gasteiger partial charge is 0.299 e. The van der Waals surface area contributed by atoms with Crippen LogP contribution in [0.2, 0.25) is 0 Å². The number of allylic oxidation sites excluding steroid dienone is 2. The standard InChI is InChI=1S/C40H58O10S2/c1-37-17-13-27(23-25(37)5-7-29-31-9-11-35(41)39(31,3)19-15-33(29)37)49-51(43,44)47-21-22-48-52(45,46)50-28-14-18-38(2)26(24-28)6-8-30-32-10-12-36(42)40(32,4)20-16-34(30)38/h5-6,27-34H,7-24H2,1-4H3/t27-,28+,29?,30?,31?,32?,33?,34?,37-,38-,39-,40-/m0/s1. The molecule has 290 valence electrons. The highest BCUT2D eigenvalue weighted by Gasteiger charge is 2.60. The average Bonchev–Trinajstić information content (AvgIpc) is 3.57. The highest BCUT2D eigenvalue weighted by Crippen LogP contribution is 2.65. The number of hydrogen-bond donors (Lipinski definition) is 0. The van der Waals surface area contributed by atoms with E-state index in [0.29, 0.717) is 85.6 Å². The lowest BCUT2D eigenvalue weighted by Crippen LogP contribution is -2.50. The van der Waals surface area contributed by atoms with Gasteiger partial charge in [-0.2, -0.15) is 16.8 Å². The van der Waals surface area contributed by atoms with Gasteiger partial charge in [-0.1, -0.05) is 51.0 Å². The van der Waals surface area contributed by atoms with Crippen LogP contribution in [0.4, 0.5) is 0 Å². The van der Waals surface area contributed by atoms with E-state index in [0.717, 1.165) is 64.2 Å². The summed E-state index contributed by atoms with van der Waals surface area (Å²) in [5.74, 6) is 3.69. The minimum absolute atomic E-state index is 0.0232. The summed E-state index contributed by atoms with van der Waals surface area (Å²) in [4.78, 5) is 25.5. The molecular formula is C40H58O10S2. The van der Waals surface area contributed by atoms with Crippen LogP contribution in [0.25, 0.3) is 0 Å². The molecule has 8 rings (SSSR count). The Morgan fingerprint density at radius 3 is 1.33 bits per heavy atom. The molecule has 12 heteroatoms. The first-order valence-electron chi connectivity index (χ1n) is 20.1. The third-order valence-electron chi connectivity index (χ3n) is 16.6. The Morgan fingerprint density at radius 1 is 0.558 bits per heavy atom. The molecule has 0 N–H and O–H groups in total. The molecule has 0 aromatic carbocycles. The predicted octanol–water partition coefficient (Wildman–Crippen LogP) is 7.34. The Morgan fingerprint density at radius 2 is 0.923 bits per heavy atom. The third-order valence-corrected chi connectivity index (χ3v) is 18.5. The quantitative estimate of drug-likeness (QED) is 0.173. The van der Waals surface area contributed by atoms with Crippen LogP contribution in [0.3, 0.4) is 0 Å². The van der Waals surface area contributed by atoms with Gasteiger partial charge in [0, 0.05) is 23.7 Å². The molecule has 12 atom stereocenters. The number of carbonyl (C=O) groups is 2. The fourth-order valence-electron chi connectivity index (χ4n) is 13.6. The molecule has 0 aromatic rings. The summed E-state index contributed by atoms with van der Waals surface area (Å²) in [6.07, 6.45) is 16.4. The first-order valence-corrected chi connectivity index (χ1v) is 22.7. The molecule has 52 heavy (non-hydrogen) atoms. The van der Waals surface area contributed by atoms with Crippen LogP contribution in [0.15, 0.2) is 23.3 Å². The third kappa shape index (κ3) is 6.16. The van der Waals surface area contributed by atoms with Crippen LogP contribution < -0.4 is 0 Å². The van der Waals surface area contributed by atoms with Crippen molar-refractivity contribution >= 4 is 32.4 Å². The van der Waals surface area contributed by atoms with Crippen LogP contribution in [0, 0.1) is 57.2 Å². The summed E-state index contributed by atoms with van der Waals surface area (Å²) >= 11 is 0. The van der Waals surface area contributed by atoms with Gasteiger partial charge in [0.1, 0.15) is 11.6 Å². The maximum absolute atomic E-state index is 12.8. The maximum Gasteiger partial charge on any atom is 0.400 e. The second-order valence-electron chi connectivity index (χ2n) is 18.7. The first-order chi connectivity index (χ1) is 24.5. The normalized spacial score (nSPS) is 45.8. The highest BCUT2D eigenvalue weighted by atomic mass is 32.3. The van der Waals surface area contributed by atoms with E-state index in [1.165, 1.54) is 11.1 Å². The molecule has 0 heterocycles. The molecule has 6 fully saturated rings. The number of carbonyl (C=O) groups excluding carboxylic acids is 2. The first kappa shape index (κ1) is 37.5. The monoisotopic (exact) mass is 762 g/mol. The average molecular weight is 763 g/mol. The number of ketones is 2. The molecule has 0 saturated heterocycles. The van der Waals surface area contributed by atoms with Crippen LogP contribution in [0.5, 0.6) is 0 Å². The lowest BCUT2D eigenvalue weighted by molar-refractivity contribution is -0.132. The summed E-state index contributed by atoms with van der Waals surface area (Å²) in [5.41, 5.74) is 2.08. The Balaban J connectivity index is 0.802. The van der Waals surface area contributed by atoms with E-state index in [1.54, 1.807) is 0 Å². The van der Waals surface area contributed by atoms with E-state index in [4.69, 9.17) is 16.7 Å². The zero-order valence-corrected chi connectivity index (χ0v) is 33.0. The Bertz CT molecular complexity index is 1640. The summed E-state index contributed by atoms with van der Waals surface area (Å²) in [7, 11) is -8.76. The second-order valence-corrected chi connectivity index (χ2v) is 21.2. The van der Waals surface area contributed by atoms with Gasteiger partial charge in [0.2, 0.25) is 0 Å². The van der Waals surface area contributed by atoms with Crippen molar-refractivity contribution in [1.29, 1.82) is 0 Å². The van der Waals surface area contributed by atoms with E-state index in [-0.39, 0.29) is 21.7 Å². The van der Waals surface area contributed by atoms with Crippen LogP contribution in [0.1, 0.15) is 130 Å². The van der Waals surface area contributed by atoms with Crippen molar-refractivity contribution in [3.63, 3.8) is 0 Å². The predicted molar refractivity (Wildman–Crippen MR) is 193 cm³/mol. The molecule has 8 aliphatic rings. The second kappa shape index (κ2) is 13.1. The molecule has 0 aliphatic heterocycles. The summed E-state index contributed by atoms with van der Waals surface area (Å²) in [6, 6.07) is 0. The minimum Gasteiger partial charge on any atom is -0.299 e. The SMILES string of the molecule is C[C@]12CC[C@@H](OS(=O)(=O)OCCOS(=O)(=O)O[C@H]3CC[C@@]4(C)C(=CCC5C4CC[C@]4(C)C(=O)CCC54)C3)CC1=CCC1C2CC[C@]2(C)C(=O)CCC12. The van der Waals surface area contributed by atoms with Gasteiger partial charge < -0.3 is 0 Å². The molecule has 0 radical (unpaired) electrons. The molecule has 6 saturated carbocycles. The van der Waals surface area contributed by atoms with Gasteiger partial charge in [-0.25, -0.2) is 16.7 Å². The van der Waals surface area contributed by atoms with Gasteiger partial charge in [0.05, 0.1) is 25.4 Å². The van der Waals surface area contributed by atoms with E-state index in [9.17, 15) is 26.4 Å². The zero-order valence-electron chi connectivity index (χ0n) is 31.4. The number of rotatable bonds is 9. The highest BCUT2D eigenvalue weighted by molar-refractivity contribution is 7.82. The molecule has 0 bridgehead atoms. The fraction of sp³-hybridized carbons (Fsp3) is 0.850. The van der Waals surface area contributed by atoms with Crippen LogP contribution >= 0.6 is 0 Å². The lowest BCUT2D eigenvalue weighted by Gasteiger charge is -2.56. The lowest BCUT2D eigenvalue weighted by atomic mass is 9.48. The number of fused-ring (bicyclic) bond motifs is 10. The van der Waals surface area contributed by atoms with Crippen molar-refractivity contribution in [3.8, 4) is 0 Å². The van der Waals surface area contributed by atoms with Crippen molar-refractivity contribution in [2.45, 2.75) is 143 Å². The van der Waals surface area contributed by atoms with Crippen molar-refractivity contribution in [3.05, 3.63) is 23.3 Å². The largest absolute Gasteiger partial charge is 0.400 e. The van der Waals surface area contributed by atoms with Gasteiger partial charge in [-0.05, 0) is 136 Å². The maximum atomic E-state index is 12.8. The van der Waals surface area contributed by atoms with Gasteiger partial charge in [-0.3, -0.25) is 9.59 Å². The molecule has 0 aromatic heterocycles. The van der Waals surface area contributed by atoms with Crippen molar-refractivity contribution in [2.24, 2.45) is 57.2 Å². The van der Waals surface area contributed by atoms with Gasteiger partial charge in [-0.15, -0.1) is 0 Å². The van der Waals surface area contributed by atoms with Crippen LogP contribution in [-0.4, -0.2) is 53.8 Å². The summed E-state index contributed by atoms with van der Waals surface area (Å²) in [6.45, 7) is 7.95. The van der Waals surface area contributed by atoms with E-state index in [1.807, 2.05) is 0 Å². The molecular weight excluding hydrogens is 705 g/mol. The van der Waals surface area contributed by atoms with Crippen molar-refractivity contribution < 1.29 is 43.2 Å². The molecule has 10 nitrogen and oxygen atoms in total. The van der Waals surface area contributed by atoms with Gasteiger partial charge >= 0.3 is 20.8 Å². The number of hydrogen-bond acceptors (Lipinski definition) is 10. The van der Waals surface area contributed by atoms with E-state index >= 15 is 0 Å². The van der Waals surface area contributed by atoms with Gasteiger partial charge in [0.15, 0.2) is 0 Å². The Labute approximate surface area is 310 Å². The van der Waals surface area contributed by atoms with Gasteiger partial charge in [0.25, 0.3) is 0 Å². The molecule has 0 spiro atoms. The molecule has 6 unspecified atom stereocenters. The zero-order chi connectivity index (χ0) is 36.9. The molecule has 0 amide bonds. The minimum atomic E-state index is -4.38. The topological polar surface area (TPSA) is 139 Å². The number of Topliss-reactive ketones (excluding diaryl/α,β-unsaturated/α-hetero) is 2. The Kier molecular flexibility index (Phi) is 9.42. The van der Waals surface area contributed by atoms with Crippen molar-refractivity contribution in [2.75, 3.05) is 13.2 Å². The Hall–Kier alpha value is -1.44. The summed E-state index contributed by atoms with van der Waals surface area (Å²) in [5, 5.41) is 0. The van der Waals surface area contributed by atoms with Crippen molar-refractivity contribution in [1.82, 2.24) is 0 Å². The molecule has 8 aliphatic carbocycles. The summed E-state index contributed by atoms with van der Waals surface area (Å²) < 4.78 is 72.3. The van der Waals surface area contributed by atoms with Crippen LogP contribution in [-0.2, 0) is 47.1 Å². The fourth-order valence-corrected chi connectivity index (χ4v) is 15.3. The van der Waals surface area contributed by atoms with E-state index in [2.05, 4.69) is 39.8 Å². The van der Waals surface area contributed by atoms with E-state index < -0.39 is 46.2 Å².